The van der Waals surface area contributed by atoms with Crippen molar-refractivity contribution in [2.45, 2.75) is 13.5 Å². The van der Waals surface area contributed by atoms with Crippen molar-refractivity contribution in [1.29, 1.82) is 0 Å². The maximum atomic E-state index is 12.3. The van der Waals surface area contributed by atoms with Gasteiger partial charge in [-0.15, -0.1) is 0 Å². The molecule has 0 atom stereocenters. The van der Waals surface area contributed by atoms with Crippen molar-refractivity contribution in [1.82, 2.24) is 5.43 Å². The molecule has 5 nitrogen and oxygen atoms in total. The summed E-state index contributed by atoms with van der Waals surface area (Å²) < 4.78 is 11.6. The van der Waals surface area contributed by atoms with E-state index >= 15 is 0 Å². The van der Waals surface area contributed by atoms with Gasteiger partial charge in [-0.3, -0.25) is 4.79 Å². The molecule has 4 aromatic carbocycles. The smallest absolute Gasteiger partial charge is 0.271 e. The highest BCUT2D eigenvalue weighted by molar-refractivity contribution is 5.96. The minimum Gasteiger partial charge on any atom is -0.493 e. The van der Waals surface area contributed by atoms with E-state index < -0.39 is 0 Å². The van der Waals surface area contributed by atoms with Crippen LogP contribution in [-0.2, 0) is 6.61 Å². The van der Waals surface area contributed by atoms with Crippen molar-refractivity contribution in [3.05, 3.63) is 107 Å². The molecule has 0 aliphatic heterocycles. The summed E-state index contributed by atoms with van der Waals surface area (Å²) in [5.41, 5.74) is 5.94. The van der Waals surface area contributed by atoms with E-state index in [1.165, 1.54) is 10.8 Å². The van der Waals surface area contributed by atoms with E-state index in [0.29, 0.717) is 23.7 Å². The summed E-state index contributed by atoms with van der Waals surface area (Å²) in [5, 5.41) is 6.42. The fourth-order valence-corrected chi connectivity index (χ4v) is 3.51. The fraction of sp³-hybridized carbons (Fsp3) is 0.111. The number of carbonyl (C=O) groups excluding carboxylic acids is 1. The number of aryl methyl sites for hydroxylation is 1. The summed E-state index contributed by atoms with van der Waals surface area (Å²) in [4.78, 5) is 12.3. The summed E-state index contributed by atoms with van der Waals surface area (Å²) in [5.74, 6) is 0.988. The molecule has 0 fully saturated rings. The largest absolute Gasteiger partial charge is 0.493 e. The lowest BCUT2D eigenvalue weighted by molar-refractivity contribution is 0.0954. The van der Waals surface area contributed by atoms with Crippen LogP contribution in [0.1, 0.15) is 27.0 Å². The highest BCUT2D eigenvalue weighted by atomic mass is 16.5. The Hall–Kier alpha value is -4.12. The van der Waals surface area contributed by atoms with Gasteiger partial charge in [0.05, 0.1) is 13.3 Å². The topological polar surface area (TPSA) is 59.9 Å². The number of hydrogen-bond donors (Lipinski definition) is 1. The molecule has 0 aromatic heterocycles. The Balaban J connectivity index is 1.44. The summed E-state index contributed by atoms with van der Waals surface area (Å²) in [6.07, 6.45) is 1.58. The monoisotopic (exact) mass is 424 g/mol. The molecule has 0 heterocycles. The maximum absolute atomic E-state index is 12.3. The Labute approximate surface area is 187 Å². The van der Waals surface area contributed by atoms with E-state index in [1.54, 1.807) is 19.4 Å². The van der Waals surface area contributed by atoms with Crippen LogP contribution >= 0.6 is 0 Å². The van der Waals surface area contributed by atoms with Crippen molar-refractivity contribution in [2.75, 3.05) is 7.11 Å². The average Bonchev–Trinajstić information content (AvgIpc) is 2.83. The predicted molar refractivity (Wildman–Crippen MR) is 128 cm³/mol. The minimum atomic E-state index is -0.249. The van der Waals surface area contributed by atoms with Crippen LogP contribution in [0.3, 0.4) is 0 Å². The van der Waals surface area contributed by atoms with E-state index in [2.05, 4.69) is 34.8 Å². The number of nitrogens with one attached hydrogen (secondary N) is 1. The van der Waals surface area contributed by atoms with E-state index in [-0.39, 0.29) is 5.91 Å². The molecule has 160 valence electrons. The zero-order valence-electron chi connectivity index (χ0n) is 18.0. The van der Waals surface area contributed by atoms with Gasteiger partial charge in [0.1, 0.15) is 6.61 Å². The molecular formula is C27H24N2O3. The van der Waals surface area contributed by atoms with Crippen molar-refractivity contribution in [3.8, 4) is 11.5 Å². The van der Waals surface area contributed by atoms with Crippen LogP contribution < -0.4 is 14.9 Å². The van der Waals surface area contributed by atoms with Crippen LogP contribution in [0.25, 0.3) is 10.8 Å². The van der Waals surface area contributed by atoms with Crippen molar-refractivity contribution >= 4 is 22.9 Å². The normalized spacial score (nSPS) is 10.9. The van der Waals surface area contributed by atoms with Crippen LogP contribution in [0, 0.1) is 6.92 Å². The second-order valence-corrected chi connectivity index (χ2v) is 7.35. The lowest BCUT2D eigenvalue weighted by Crippen LogP contribution is -2.18. The molecular weight excluding hydrogens is 400 g/mol. The molecule has 0 unspecified atom stereocenters. The summed E-state index contributed by atoms with van der Waals surface area (Å²) in [6.45, 7) is 2.32. The minimum absolute atomic E-state index is 0.249. The predicted octanol–water partition coefficient (Wildman–Crippen LogP) is 5.50. The third kappa shape index (κ3) is 4.78. The molecule has 4 aromatic rings. The molecule has 0 aliphatic carbocycles. The van der Waals surface area contributed by atoms with Crippen molar-refractivity contribution in [3.63, 3.8) is 0 Å². The second kappa shape index (κ2) is 9.79. The van der Waals surface area contributed by atoms with E-state index in [0.717, 1.165) is 16.7 Å². The zero-order chi connectivity index (χ0) is 22.3. The molecule has 5 heteroatoms. The number of amides is 1. The van der Waals surface area contributed by atoms with E-state index in [1.807, 2.05) is 61.5 Å². The number of methoxy groups -OCH3 is 1. The van der Waals surface area contributed by atoms with Crippen LogP contribution in [0.5, 0.6) is 11.5 Å². The van der Waals surface area contributed by atoms with Crippen LogP contribution in [0.15, 0.2) is 90.0 Å². The van der Waals surface area contributed by atoms with Gasteiger partial charge >= 0.3 is 0 Å². The van der Waals surface area contributed by atoms with Crippen LogP contribution in [-0.4, -0.2) is 19.2 Å². The third-order valence-corrected chi connectivity index (χ3v) is 5.22. The first-order chi connectivity index (χ1) is 15.7. The number of benzene rings is 4. The third-order valence-electron chi connectivity index (χ3n) is 5.22. The lowest BCUT2D eigenvalue weighted by atomic mass is 10.1. The molecule has 0 spiro atoms. The first-order valence-electron chi connectivity index (χ1n) is 10.3. The number of hydrogen-bond acceptors (Lipinski definition) is 4. The molecule has 1 N–H and O–H groups in total. The Morgan fingerprint density at radius 1 is 0.938 bits per heavy atom. The number of fused-ring (bicyclic) bond motifs is 1. The van der Waals surface area contributed by atoms with Gasteiger partial charge in [-0.1, -0.05) is 60.7 Å². The molecule has 0 saturated heterocycles. The van der Waals surface area contributed by atoms with Crippen molar-refractivity contribution < 1.29 is 14.3 Å². The van der Waals surface area contributed by atoms with Gasteiger partial charge in [-0.05, 0) is 58.7 Å². The highest BCUT2D eigenvalue weighted by Gasteiger charge is 2.09. The Bertz CT molecular complexity index is 1280. The van der Waals surface area contributed by atoms with Gasteiger partial charge in [0.2, 0.25) is 0 Å². The molecule has 0 aliphatic rings. The van der Waals surface area contributed by atoms with Crippen LogP contribution in [0.2, 0.25) is 0 Å². The van der Waals surface area contributed by atoms with Crippen molar-refractivity contribution in [2.24, 2.45) is 5.10 Å². The number of rotatable bonds is 7. The average molecular weight is 425 g/mol. The summed E-state index contributed by atoms with van der Waals surface area (Å²) >= 11 is 0. The quantitative estimate of drug-likeness (QED) is 0.315. The first-order valence-corrected chi connectivity index (χ1v) is 10.3. The Morgan fingerprint density at radius 3 is 2.56 bits per heavy atom. The lowest BCUT2D eigenvalue weighted by Gasteiger charge is -2.12. The van der Waals surface area contributed by atoms with Gasteiger partial charge in [-0.2, -0.15) is 5.10 Å². The van der Waals surface area contributed by atoms with E-state index in [9.17, 15) is 4.79 Å². The SMILES string of the molecule is COc1cc(/C=N/NC(=O)c2ccccc2C)ccc1OCc1cccc2ccccc12. The Kier molecular flexibility index (Phi) is 6.46. The Morgan fingerprint density at radius 2 is 1.72 bits per heavy atom. The number of carbonyl (C=O) groups is 1. The molecule has 4 rings (SSSR count). The first kappa shape index (κ1) is 21.1. The standard InChI is InChI=1S/C27H24N2O3/c1-19-8-3-5-12-23(19)27(30)29-28-17-20-14-15-25(26(16-20)31-2)32-18-22-11-7-10-21-9-4-6-13-24(21)22/h3-17H,18H2,1-2H3,(H,29,30)/b28-17+. The van der Waals surface area contributed by atoms with Gasteiger partial charge < -0.3 is 9.47 Å². The highest BCUT2D eigenvalue weighted by Crippen LogP contribution is 2.29. The number of ether oxygens (including phenoxy) is 2. The number of nitrogens with zero attached hydrogens (tertiary/aromatic N) is 1. The molecule has 1 amide bonds. The fourth-order valence-electron chi connectivity index (χ4n) is 3.51. The second-order valence-electron chi connectivity index (χ2n) is 7.35. The molecule has 0 radical (unpaired) electrons. The van der Waals surface area contributed by atoms with Crippen LogP contribution in [0.4, 0.5) is 0 Å². The van der Waals surface area contributed by atoms with E-state index in [4.69, 9.17) is 9.47 Å². The summed E-state index contributed by atoms with van der Waals surface area (Å²) in [7, 11) is 1.60. The number of hydrazone groups is 1. The molecule has 0 bridgehead atoms. The molecule has 32 heavy (non-hydrogen) atoms. The van der Waals surface area contributed by atoms with Gasteiger partial charge in [-0.25, -0.2) is 5.43 Å². The van der Waals surface area contributed by atoms with Gasteiger partial charge in [0.25, 0.3) is 5.91 Å². The van der Waals surface area contributed by atoms with Gasteiger partial charge in [0.15, 0.2) is 11.5 Å². The zero-order valence-corrected chi connectivity index (χ0v) is 18.0. The molecule has 0 saturated carbocycles. The summed E-state index contributed by atoms with van der Waals surface area (Å²) in [6, 6.07) is 27.3. The maximum Gasteiger partial charge on any atom is 0.271 e. The van der Waals surface area contributed by atoms with Gasteiger partial charge in [0, 0.05) is 5.56 Å².